The highest BCUT2D eigenvalue weighted by atomic mass is 16.5. The smallest absolute Gasteiger partial charge is 0.308 e. The molecule has 3 N–H and O–H groups in total. The van der Waals surface area contributed by atoms with Gasteiger partial charge in [0.2, 0.25) is 11.9 Å². The number of aromatic nitrogens is 3. The number of anilines is 3. The number of nitrogens with two attached hydrogens (primary N) is 1. The second-order valence-electron chi connectivity index (χ2n) is 7.28. The second-order valence-corrected chi connectivity index (χ2v) is 7.28. The number of hydrogen-bond acceptors (Lipinski definition) is 8. The quantitative estimate of drug-likeness (QED) is 0.548. The average molecular weight is 430 g/mol. The van der Waals surface area contributed by atoms with Crippen molar-refractivity contribution in [3.05, 3.63) is 77.6 Å². The molecular formula is C23H22N6O3. The summed E-state index contributed by atoms with van der Waals surface area (Å²) in [7, 11) is 0. The monoisotopic (exact) mass is 430 g/mol. The minimum absolute atomic E-state index is 0.00773. The van der Waals surface area contributed by atoms with Crippen molar-refractivity contribution >= 4 is 35.2 Å². The van der Waals surface area contributed by atoms with Gasteiger partial charge >= 0.3 is 5.97 Å². The molecule has 0 radical (unpaired) electrons. The highest BCUT2D eigenvalue weighted by Crippen LogP contribution is 2.31. The first kappa shape index (κ1) is 21.0. The zero-order valence-electron chi connectivity index (χ0n) is 17.5. The van der Waals surface area contributed by atoms with E-state index in [1.165, 1.54) is 4.90 Å². The number of nitrogens with one attached hydrogen (secondary N) is 1. The Morgan fingerprint density at radius 1 is 1.09 bits per heavy atom. The molecule has 0 saturated carbocycles. The molecular weight excluding hydrogens is 408 g/mol. The maximum atomic E-state index is 12.5. The average Bonchev–Trinajstić information content (AvgIpc) is 3.02. The van der Waals surface area contributed by atoms with Crippen LogP contribution in [0.25, 0.3) is 5.70 Å². The lowest BCUT2D eigenvalue weighted by molar-refractivity contribution is -0.145. The summed E-state index contributed by atoms with van der Waals surface area (Å²) >= 11 is 0. The molecule has 32 heavy (non-hydrogen) atoms. The molecule has 0 unspecified atom stereocenters. The van der Waals surface area contributed by atoms with E-state index in [1.54, 1.807) is 12.1 Å². The predicted octanol–water partition coefficient (Wildman–Crippen LogP) is 3.07. The van der Waals surface area contributed by atoms with Gasteiger partial charge in [-0.15, -0.1) is 0 Å². The first-order valence-electron chi connectivity index (χ1n) is 10.0. The Balaban J connectivity index is 1.32. The van der Waals surface area contributed by atoms with Crippen LogP contribution < -0.4 is 11.1 Å². The molecule has 162 valence electrons. The highest BCUT2D eigenvalue weighted by Gasteiger charge is 2.30. The summed E-state index contributed by atoms with van der Waals surface area (Å²) in [6.45, 7) is 5.96. The summed E-state index contributed by atoms with van der Waals surface area (Å²) in [6, 6.07) is 14.9. The number of esters is 1. The molecule has 2 heterocycles. The van der Waals surface area contributed by atoms with E-state index in [9.17, 15) is 9.59 Å². The number of rotatable bonds is 7. The van der Waals surface area contributed by atoms with E-state index in [4.69, 9.17) is 10.5 Å². The number of fused-ring (bicyclic) bond motifs is 1. The Labute approximate surface area is 185 Å². The SMILES string of the molecule is C=C1c2ccccc2C(=O)N1CCC(=O)OCc1nc(N)nc(Nc2ccc(C)cc2)n1. The minimum atomic E-state index is -0.492. The van der Waals surface area contributed by atoms with E-state index in [0.717, 1.165) is 16.8 Å². The number of hydrogen-bond donors (Lipinski definition) is 2. The summed E-state index contributed by atoms with van der Waals surface area (Å²) in [5.74, 6) is -0.180. The molecule has 1 aliphatic rings. The summed E-state index contributed by atoms with van der Waals surface area (Å²) in [6.07, 6.45) is 0.00773. The molecule has 9 nitrogen and oxygen atoms in total. The summed E-state index contributed by atoms with van der Waals surface area (Å²) in [5.41, 5.74) is 9.62. The molecule has 0 atom stereocenters. The lowest BCUT2D eigenvalue weighted by Crippen LogP contribution is -2.26. The van der Waals surface area contributed by atoms with Crippen molar-refractivity contribution in [1.82, 2.24) is 19.9 Å². The Kier molecular flexibility index (Phi) is 5.80. The Morgan fingerprint density at radius 3 is 2.53 bits per heavy atom. The third kappa shape index (κ3) is 4.56. The molecule has 1 amide bonds. The minimum Gasteiger partial charge on any atom is -0.457 e. The van der Waals surface area contributed by atoms with Crippen LogP contribution in [0, 0.1) is 6.92 Å². The molecule has 2 aromatic carbocycles. The van der Waals surface area contributed by atoms with Crippen LogP contribution >= 0.6 is 0 Å². The van der Waals surface area contributed by atoms with Gasteiger partial charge in [-0.2, -0.15) is 15.0 Å². The second kappa shape index (κ2) is 8.84. The molecule has 0 aliphatic carbocycles. The number of ether oxygens (including phenoxy) is 1. The maximum absolute atomic E-state index is 12.5. The molecule has 3 aromatic rings. The van der Waals surface area contributed by atoms with Gasteiger partial charge in [0, 0.05) is 29.1 Å². The van der Waals surface area contributed by atoms with E-state index >= 15 is 0 Å². The number of amides is 1. The van der Waals surface area contributed by atoms with Crippen molar-refractivity contribution in [2.75, 3.05) is 17.6 Å². The molecule has 4 rings (SSSR count). The van der Waals surface area contributed by atoms with Gasteiger partial charge in [-0.25, -0.2) is 0 Å². The first-order chi connectivity index (χ1) is 15.4. The van der Waals surface area contributed by atoms with E-state index in [2.05, 4.69) is 26.8 Å². The number of nitrogens with zero attached hydrogens (tertiary/aromatic N) is 4. The lowest BCUT2D eigenvalue weighted by Gasteiger charge is -2.16. The number of nitrogen functional groups attached to an aromatic ring is 1. The fraction of sp³-hybridized carbons (Fsp3) is 0.174. The van der Waals surface area contributed by atoms with Gasteiger partial charge in [-0.05, 0) is 25.1 Å². The van der Waals surface area contributed by atoms with Gasteiger partial charge in [0.1, 0.15) is 0 Å². The molecule has 1 aromatic heterocycles. The molecule has 1 aliphatic heterocycles. The maximum Gasteiger partial charge on any atom is 0.308 e. The van der Waals surface area contributed by atoms with Gasteiger partial charge in [0.05, 0.1) is 6.42 Å². The van der Waals surface area contributed by atoms with Crippen molar-refractivity contribution in [3.63, 3.8) is 0 Å². The van der Waals surface area contributed by atoms with Crippen molar-refractivity contribution in [2.45, 2.75) is 20.0 Å². The summed E-state index contributed by atoms with van der Waals surface area (Å²) in [4.78, 5) is 38.5. The van der Waals surface area contributed by atoms with E-state index in [1.807, 2.05) is 43.3 Å². The van der Waals surface area contributed by atoms with Gasteiger partial charge in [0.15, 0.2) is 12.4 Å². The van der Waals surface area contributed by atoms with Crippen molar-refractivity contribution in [2.24, 2.45) is 0 Å². The fourth-order valence-electron chi connectivity index (χ4n) is 3.32. The fourth-order valence-corrected chi connectivity index (χ4v) is 3.32. The van der Waals surface area contributed by atoms with Gasteiger partial charge in [-0.3, -0.25) is 9.59 Å². The first-order valence-corrected chi connectivity index (χ1v) is 10.0. The third-order valence-electron chi connectivity index (χ3n) is 4.95. The zero-order valence-corrected chi connectivity index (χ0v) is 17.5. The highest BCUT2D eigenvalue weighted by molar-refractivity contribution is 6.08. The van der Waals surface area contributed by atoms with Crippen LogP contribution in [-0.2, 0) is 16.1 Å². The predicted molar refractivity (Wildman–Crippen MR) is 120 cm³/mol. The zero-order chi connectivity index (χ0) is 22.7. The normalized spacial score (nSPS) is 12.6. The molecule has 9 heteroatoms. The topological polar surface area (TPSA) is 123 Å². The van der Waals surface area contributed by atoms with E-state index in [-0.39, 0.29) is 43.2 Å². The standard InChI is InChI=1S/C23H22N6O3/c1-14-7-9-16(10-8-14)25-23-27-19(26-22(24)28-23)13-32-20(30)11-12-29-15(2)17-5-3-4-6-18(17)21(29)31/h3-10H,2,11-13H2,1H3,(H3,24,25,26,27,28). The van der Waals surface area contributed by atoms with Crippen LogP contribution in [0.3, 0.4) is 0 Å². The number of aryl methyl sites for hydroxylation is 1. The summed E-state index contributed by atoms with van der Waals surface area (Å²) in [5, 5.41) is 3.04. The van der Waals surface area contributed by atoms with E-state index in [0.29, 0.717) is 11.3 Å². The Morgan fingerprint density at radius 2 is 1.81 bits per heavy atom. The van der Waals surface area contributed by atoms with Crippen LogP contribution in [0.5, 0.6) is 0 Å². The van der Waals surface area contributed by atoms with Gasteiger partial charge in [0.25, 0.3) is 5.91 Å². The van der Waals surface area contributed by atoms with Crippen LogP contribution in [-0.4, -0.2) is 38.3 Å². The van der Waals surface area contributed by atoms with E-state index < -0.39 is 5.97 Å². The van der Waals surface area contributed by atoms with Crippen molar-refractivity contribution in [3.8, 4) is 0 Å². The molecule has 0 spiro atoms. The number of carbonyl (C=O) groups is 2. The Hall–Kier alpha value is -4.27. The molecule has 0 fully saturated rings. The van der Waals surface area contributed by atoms with Gasteiger partial charge in [-0.1, -0.05) is 42.5 Å². The van der Waals surface area contributed by atoms with Crippen LogP contribution in [0.1, 0.15) is 33.7 Å². The third-order valence-corrected chi connectivity index (χ3v) is 4.95. The van der Waals surface area contributed by atoms with Crippen LogP contribution in [0.4, 0.5) is 17.6 Å². The summed E-state index contributed by atoms with van der Waals surface area (Å²) < 4.78 is 5.27. The molecule has 0 saturated heterocycles. The van der Waals surface area contributed by atoms with Crippen molar-refractivity contribution < 1.29 is 14.3 Å². The largest absolute Gasteiger partial charge is 0.457 e. The van der Waals surface area contributed by atoms with Gasteiger partial charge < -0.3 is 20.7 Å². The number of benzene rings is 2. The molecule has 0 bridgehead atoms. The van der Waals surface area contributed by atoms with Crippen LogP contribution in [0.2, 0.25) is 0 Å². The Bertz CT molecular complexity index is 1160. The lowest BCUT2D eigenvalue weighted by atomic mass is 10.1. The van der Waals surface area contributed by atoms with Crippen LogP contribution in [0.15, 0.2) is 55.1 Å². The van der Waals surface area contributed by atoms with Crippen molar-refractivity contribution in [1.29, 1.82) is 0 Å². The number of carbonyl (C=O) groups excluding carboxylic acids is 2.